The van der Waals surface area contributed by atoms with E-state index in [1.807, 2.05) is 0 Å². The Hall–Kier alpha value is -2.33. The first-order valence-electron chi connectivity index (χ1n) is 11.0. The highest BCUT2D eigenvalue weighted by atomic mass is 35.5. The van der Waals surface area contributed by atoms with Gasteiger partial charge in [-0.1, -0.05) is 17.7 Å². The number of rotatable bonds is 6. The van der Waals surface area contributed by atoms with Crippen LogP contribution < -0.4 is 9.64 Å². The van der Waals surface area contributed by atoms with Gasteiger partial charge in [0, 0.05) is 16.1 Å². The highest BCUT2D eigenvalue weighted by Crippen LogP contribution is 2.54. The largest absolute Gasteiger partial charge is 0.496 e. The Labute approximate surface area is 222 Å². The quantitative estimate of drug-likeness (QED) is 0.244. The smallest absolute Gasteiger partial charge is 0.470 e. The molecule has 1 amide bonds. The van der Waals surface area contributed by atoms with Crippen LogP contribution in [-0.2, 0) is 30.5 Å². The molecule has 0 saturated carbocycles. The van der Waals surface area contributed by atoms with E-state index in [4.69, 9.17) is 21.1 Å². The molecule has 0 radical (unpaired) electrons. The molecular weight excluding hydrogens is 581 g/mol. The maximum Gasteiger partial charge on any atom is 0.470 e. The Morgan fingerprint density at radius 3 is 2.36 bits per heavy atom. The van der Waals surface area contributed by atoms with Crippen LogP contribution >= 0.6 is 19.4 Å². The van der Waals surface area contributed by atoms with Gasteiger partial charge in [-0.3, -0.25) is 14.2 Å². The van der Waals surface area contributed by atoms with E-state index in [0.29, 0.717) is 18.2 Å². The first-order chi connectivity index (χ1) is 18.0. The molecule has 2 aromatic carbocycles. The topological polar surface area (TPSA) is 166 Å². The van der Waals surface area contributed by atoms with Crippen LogP contribution in [-0.4, -0.2) is 75.4 Å². The second-order valence-electron chi connectivity index (χ2n) is 8.70. The number of methoxy groups -OCH3 is 1. The van der Waals surface area contributed by atoms with E-state index in [1.165, 1.54) is 12.1 Å². The van der Waals surface area contributed by atoms with Crippen molar-refractivity contribution in [2.75, 3.05) is 18.6 Å². The Morgan fingerprint density at radius 2 is 1.79 bits per heavy atom. The summed E-state index contributed by atoms with van der Waals surface area (Å²) in [6, 6.07) is 5.11. The van der Waals surface area contributed by atoms with Gasteiger partial charge in [0.2, 0.25) is 5.67 Å². The van der Waals surface area contributed by atoms with E-state index in [9.17, 15) is 47.6 Å². The number of hydrogen-bond acceptors (Lipinski definition) is 8. The molecule has 2 aliphatic rings. The van der Waals surface area contributed by atoms with Gasteiger partial charge in [0.1, 0.15) is 30.2 Å². The number of aliphatic hydroxyl groups excluding tert-OH is 3. The van der Waals surface area contributed by atoms with E-state index < -0.39 is 85.2 Å². The predicted molar refractivity (Wildman–Crippen MR) is 123 cm³/mol. The zero-order valence-electron chi connectivity index (χ0n) is 19.6. The van der Waals surface area contributed by atoms with Crippen LogP contribution in [0.15, 0.2) is 36.4 Å². The standard InChI is InChI=1S/C22H21ClF4NO10P/c1-36-14-5-3-10(23)7-12(14)21(24)11-4-2-9(22(25,26)27)6-13(11)28(20(21)32)19-18(38-39(33,34)35)17(31)16(30)15(8-29)37-19/h2-7,15-19,29-31H,8H2,1H3,(H2,33,34,35)/t15-,16-,17+,18-,19-,21+/m1/s1. The summed E-state index contributed by atoms with van der Waals surface area (Å²) in [5.41, 5.74) is -6.55. The van der Waals surface area contributed by atoms with Crippen LogP contribution in [0.4, 0.5) is 23.2 Å². The van der Waals surface area contributed by atoms with Gasteiger partial charge in [-0.15, -0.1) is 0 Å². The van der Waals surface area contributed by atoms with E-state index in [0.717, 1.165) is 13.2 Å². The van der Waals surface area contributed by atoms with Gasteiger partial charge in [0.15, 0.2) is 6.23 Å². The fourth-order valence-electron chi connectivity index (χ4n) is 4.60. The number of phosphoric acid groups is 1. The van der Waals surface area contributed by atoms with Gasteiger partial charge in [0.05, 0.1) is 25.0 Å². The van der Waals surface area contributed by atoms with Crippen LogP contribution in [0.3, 0.4) is 0 Å². The van der Waals surface area contributed by atoms with Crippen LogP contribution in [0.5, 0.6) is 5.75 Å². The summed E-state index contributed by atoms with van der Waals surface area (Å²) in [4.78, 5) is 32.9. The second kappa shape index (κ2) is 10.3. The fraction of sp³-hybridized carbons (Fsp3) is 0.409. The summed E-state index contributed by atoms with van der Waals surface area (Å²) in [5, 5.41) is 30.3. The molecule has 0 aliphatic carbocycles. The molecule has 39 heavy (non-hydrogen) atoms. The molecule has 17 heteroatoms. The molecule has 11 nitrogen and oxygen atoms in total. The molecule has 6 atom stereocenters. The molecule has 2 aliphatic heterocycles. The van der Waals surface area contributed by atoms with Crippen molar-refractivity contribution in [3.8, 4) is 5.75 Å². The van der Waals surface area contributed by atoms with Crippen molar-refractivity contribution >= 4 is 31.0 Å². The number of halogens is 5. The number of fused-ring (bicyclic) bond motifs is 1. The molecule has 0 aromatic heterocycles. The fourth-order valence-corrected chi connectivity index (χ4v) is 5.32. The summed E-state index contributed by atoms with van der Waals surface area (Å²) in [6.07, 6.45) is -15.5. The minimum Gasteiger partial charge on any atom is -0.496 e. The molecule has 0 spiro atoms. The Kier molecular flexibility index (Phi) is 7.79. The van der Waals surface area contributed by atoms with Crippen molar-refractivity contribution in [1.29, 1.82) is 0 Å². The average Bonchev–Trinajstić information content (AvgIpc) is 3.08. The van der Waals surface area contributed by atoms with Crippen LogP contribution in [0.1, 0.15) is 16.7 Å². The average molecular weight is 602 g/mol. The Morgan fingerprint density at radius 1 is 1.13 bits per heavy atom. The first kappa shape index (κ1) is 29.6. The number of alkyl halides is 4. The molecule has 1 saturated heterocycles. The zero-order chi connectivity index (χ0) is 29.1. The summed E-state index contributed by atoms with van der Waals surface area (Å²) in [5.74, 6) is -1.85. The third kappa shape index (κ3) is 5.14. The Balaban J connectivity index is 1.99. The summed E-state index contributed by atoms with van der Waals surface area (Å²) in [7, 11) is -4.38. The summed E-state index contributed by atoms with van der Waals surface area (Å²) < 4.78 is 84.7. The molecule has 214 valence electrons. The lowest BCUT2D eigenvalue weighted by molar-refractivity contribution is -0.225. The van der Waals surface area contributed by atoms with Crippen LogP contribution in [0, 0.1) is 0 Å². The number of ether oxygens (including phenoxy) is 2. The normalized spacial score (nSPS) is 29.5. The van der Waals surface area contributed by atoms with E-state index in [-0.39, 0.29) is 15.7 Å². The number of amides is 1. The minimum atomic E-state index is -5.52. The van der Waals surface area contributed by atoms with Crippen molar-refractivity contribution in [3.63, 3.8) is 0 Å². The van der Waals surface area contributed by atoms with Crippen molar-refractivity contribution in [1.82, 2.24) is 0 Å². The maximum atomic E-state index is 17.1. The predicted octanol–water partition coefficient (Wildman–Crippen LogP) is 1.84. The highest BCUT2D eigenvalue weighted by molar-refractivity contribution is 7.46. The van der Waals surface area contributed by atoms with Crippen molar-refractivity contribution in [2.24, 2.45) is 0 Å². The van der Waals surface area contributed by atoms with Gasteiger partial charge in [-0.25, -0.2) is 8.96 Å². The van der Waals surface area contributed by atoms with Crippen molar-refractivity contribution in [3.05, 3.63) is 58.1 Å². The lowest BCUT2D eigenvalue weighted by atomic mass is 9.88. The number of nitrogens with zero attached hydrogens (tertiary/aromatic N) is 1. The second-order valence-corrected chi connectivity index (χ2v) is 10.3. The molecule has 2 aromatic rings. The highest BCUT2D eigenvalue weighted by Gasteiger charge is 2.61. The molecule has 5 N–H and O–H groups in total. The van der Waals surface area contributed by atoms with E-state index in [2.05, 4.69) is 4.52 Å². The van der Waals surface area contributed by atoms with Crippen molar-refractivity contribution in [2.45, 2.75) is 42.5 Å². The number of carbonyl (C=O) groups excluding carboxylic acids is 1. The third-order valence-corrected chi connectivity index (χ3v) is 7.11. The van der Waals surface area contributed by atoms with Gasteiger partial charge < -0.3 is 34.6 Å². The number of phosphoric ester groups is 1. The monoisotopic (exact) mass is 601 g/mol. The molecular formula is C22H21ClF4NO10P. The Bertz CT molecular complexity index is 1330. The van der Waals surface area contributed by atoms with Crippen molar-refractivity contribution < 1.29 is 66.0 Å². The first-order valence-corrected chi connectivity index (χ1v) is 12.9. The molecule has 1 fully saturated rings. The number of aliphatic hydroxyl groups is 3. The molecule has 2 heterocycles. The van der Waals surface area contributed by atoms with Crippen LogP contribution in [0.2, 0.25) is 5.02 Å². The third-order valence-electron chi connectivity index (χ3n) is 6.36. The van der Waals surface area contributed by atoms with E-state index >= 15 is 4.39 Å². The van der Waals surface area contributed by atoms with Gasteiger partial charge in [-0.2, -0.15) is 13.2 Å². The van der Waals surface area contributed by atoms with Gasteiger partial charge in [-0.05, 0) is 30.3 Å². The lowest BCUT2D eigenvalue weighted by Crippen LogP contribution is -2.65. The van der Waals surface area contributed by atoms with Gasteiger partial charge in [0.25, 0.3) is 5.91 Å². The minimum absolute atomic E-state index is 0.0712. The molecule has 4 rings (SSSR count). The summed E-state index contributed by atoms with van der Waals surface area (Å²) in [6.45, 7) is -1.02. The zero-order valence-corrected chi connectivity index (χ0v) is 21.3. The molecule has 0 unspecified atom stereocenters. The van der Waals surface area contributed by atoms with Gasteiger partial charge >= 0.3 is 14.0 Å². The summed E-state index contributed by atoms with van der Waals surface area (Å²) >= 11 is 6.01. The number of anilines is 1. The number of carbonyl (C=O) groups is 1. The number of hydrogen-bond donors (Lipinski definition) is 5. The lowest BCUT2D eigenvalue weighted by Gasteiger charge is -2.45. The number of benzene rings is 2. The molecule has 0 bridgehead atoms. The van der Waals surface area contributed by atoms with E-state index in [1.54, 1.807) is 0 Å². The van der Waals surface area contributed by atoms with Crippen LogP contribution in [0.25, 0.3) is 0 Å². The SMILES string of the molecule is COc1ccc(Cl)cc1[C@]1(F)C(=O)N([C@@H]2O[C@H](CO)[C@@H](O)[C@H](O)[C@H]2OP(=O)(O)O)c2cc(C(F)(F)F)ccc21. The maximum absolute atomic E-state index is 17.1.